The molecule has 1 aromatic carbocycles. The minimum atomic E-state index is -0.0820. The van der Waals surface area contributed by atoms with Crippen LogP contribution in [0.5, 0.6) is 0 Å². The van der Waals surface area contributed by atoms with Crippen molar-refractivity contribution >= 4 is 22.9 Å². The molecule has 2 heterocycles. The van der Waals surface area contributed by atoms with Crippen LogP contribution in [0.15, 0.2) is 35.7 Å². The smallest absolute Gasteiger partial charge is 0.270 e. The summed E-state index contributed by atoms with van der Waals surface area (Å²) in [7, 11) is 0. The van der Waals surface area contributed by atoms with E-state index in [1.807, 2.05) is 19.2 Å². The lowest BCUT2D eigenvalue weighted by Crippen LogP contribution is -2.45. The fourth-order valence-corrected chi connectivity index (χ4v) is 3.63. The lowest BCUT2D eigenvalue weighted by molar-refractivity contribution is 0.0938. The first-order chi connectivity index (χ1) is 11.6. The third kappa shape index (κ3) is 4.33. The van der Waals surface area contributed by atoms with Gasteiger partial charge in [-0.05, 0) is 26.0 Å². The van der Waals surface area contributed by atoms with E-state index >= 15 is 0 Å². The number of thiazole rings is 1. The predicted octanol–water partition coefficient (Wildman–Crippen LogP) is 2.60. The summed E-state index contributed by atoms with van der Waals surface area (Å²) in [5.74, 6) is -0.0820. The number of amides is 1. The third-order valence-corrected chi connectivity index (χ3v) is 4.89. The van der Waals surface area contributed by atoms with E-state index in [2.05, 4.69) is 50.4 Å². The molecule has 1 aromatic heterocycles. The van der Waals surface area contributed by atoms with Crippen molar-refractivity contribution in [3.63, 3.8) is 0 Å². The van der Waals surface area contributed by atoms with Crippen molar-refractivity contribution < 1.29 is 4.79 Å². The van der Waals surface area contributed by atoms with Crippen LogP contribution in [0.25, 0.3) is 0 Å². The lowest BCUT2D eigenvalue weighted by Gasteiger charge is -2.35. The number of nitrogens with zero attached hydrogens (tertiary/aromatic N) is 3. The van der Waals surface area contributed by atoms with Crippen molar-refractivity contribution in [3.8, 4) is 0 Å². The number of carbonyl (C=O) groups is 1. The molecule has 0 bridgehead atoms. The van der Waals surface area contributed by atoms with Gasteiger partial charge in [-0.25, -0.2) is 4.98 Å². The van der Waals surface area contributed by atoms with Crippen LogP contribution in [0.4, 0.5) is 5.69 Å². The first-order valence-corrected chi connectivity index (χ1v) is 9.27. The van der Waals surface area contributed by atoms with Crippen LogP contribution in [0.2, 0.25) is 0 Å². The maximum atomic E-state index is 12.0. The molecule has 0 spiro atoms. The number of aromatic nitrogens is 1. The van der Waals surface area contributed by atoms with Gasteiger partial charge >= 0.3 is 0 Å². The van der Waals surface area contributed by atoms with Crippen LogP contribution in [-0.4, -0.2) is 48.0 Å². The van der Waals surface area contributed by atoms with E-state index < -0.39 is 0 Å². The van der Waals surface area contributed by atoms with Crippen LogP contribution in [0.1, 0.15) is 29.3 Å². The van der Waals surface area contributed by atoms with Gasteiger partial charge in [-0.3, -0.25) is 9.69 Å². The Bertz CT molecular complexity index is 663. The summed E-state index contributed by atoms with van der Waals surface area (Å²) in [6, 6.07) is 10.7. The molecular formula is C18H24N4OS. The van der Waals surface area contributed by atoms with Gasteiger partial charge in [0.1, 0.15) is 10.7 Å². The topological polar surface area (TPSA) is 48.5 Å². The molecule has 0 saturated carbocycles. The molecular weight excluding hydrogens is 320 g/mol. The monoisotopic (exact) mass is 344 g/mol. The highest BCUT2D eigenvalue weighted by Crippen LogP contribution is 2.18. The second-order valence-electron chi connectivity index (χ2n) is 6.35. The SMILES string of the molecule is CC(C)NC(=O)c1csc(CN2CCN(c3ccccc3)CC2)n1. The van der Waals surface area contributed by atoms with Gasteiger partial charge < -0.3 is 10.2 Å². The number of benzene rings is 1. The molecule has 1 aliphatic heterocycles. The fraction of sp³-hybridized carbons (Fsp3) is 0.444. The first kappa shape index (κ1) is 16.9. The van der Waals surface area contributed by atoms with Crippen LogP contribution in [0.3, 0.4) is 0 Å². The molecule has 5 nitrogen and oxygen atoms in total. The van der Waals surface area contributed by atoms with Crippen molar-refractivity contribution in [2.45, 2.75) is 26.4 Å². The number of rotatable bonds is 5. The van der Waals surface area contributed by atoms with Gasteiger partial charge in [0.05, 0.1) is 6.54 Å². The van der Waals surface area contributed by atoms with Crippen LogP contribution >= 0.6 is 11.3 Å². The molecule has 3 rings (SSSR count). The number of anilines is 1. The number of para-hydroxylation sites is 1. The average molecular weight is 344 g/mol. The van der Waals surface area contributed by atoms with Crippen LogP contribution in [-0.2, 0) is 6.54 Å². The minimum Gasteiger partial charge on any atom is -0.369 e. The Labute approximate surface area is 147 Å². The molecule has 1 N–H and O–H groups in total. The molecule has 0 unspecified atom stereocenters. The van der Waals surface area contributed by atoms with E-state index in [9.17, 15) is 4.79 Å². The van der Waals surface area contributed by atoms with E-state index in [0.29, 0.717) is 5.69 Å². The van der Waals surface area contributed by atoms with Crippen LogP contribution < -0.4 is 10.2 Å². The van der Waals surface area contributed by atoms with Crippen molar-refractivity contribution in [2.75, 3.05) is 31.1 Å². The Hall–Kier alpha value is -1.92. The lowest BCUT2D eigenvalue weighted by atomic mass is 10.2. The largest absolute Gasteiger partial charge is 0.369 e. The Morgan fingerprint density at radius 3 is 2.58 bits per heavy atom. The van der Waals surface area contributed by atoms with E-state index in [4.69, 9.17) is 0 Å². The summed E-state index contributed by atoms with van der Waals surface area (Å²) in [5.41, 5.74) is 1.82. The van der Waals surface area contributed by atoms with Crippen LogP contribution in [0, 0.1) is 0 Å². The second-order valence-corrected chi connectivity index (χ2v) is 7.30. The number of carbonyl (C=O) groups excluding carboxylic acids is 1. The number of hydrogen-bond acceptors (Lipinski definition) is 5. The van der Waals surface area contributed by atoms with E-state index in [-0.39, 0.29) is 11.9 Å². The van der Waals surface area contributed by atoms with Crippen molar-refractivity contribution in [1.29, 1.82) is 0 Å². The zero-order chi connectivity index (χ0) is 16.9. The Balaban J connectivity index is 1.51. The maximum absolute atomic E-state index is 12.0. The summed E-state index contributed by atoms with van der Waals surface area (Å²) in [6.45, 7) is 8.81. The minimum absolute atomic E-state index is 0.0820. The number of nitrogens with one attached hydrogen (secondary N) is 1. The zero-order valence-corrected chi connectivity index (χ0v) is 15.1. The molecule has 0 radical (unpaired) electrons. The summed E-state index contributed by atoms with van der Waals surface area (Å²) in [4.78, 5) is 21.3. The predicted molar refractivity (Wildman–Crippen MR) is 98.6 cm³/mol. The Morgan fingerprint density at radius 1 is 1.21 bits per heavy atom. The van der Waals surface area contributed by atoms with Gasteiger partial charge in [0, 0.05) is 43.3 Å². The number of hydrogen-bond donors (Lipinski definition) is 1. The summed E-state index contributed by atoms with van der Waals surface area (Å²) < 4.78 is 0. The van der Waals surface area contributed by atoms with Crippen molar-refractivity contribution in [2.24, 2.45) is 0 Å². The Morgan fingerprint density at radius 2 is 1.92 bits per heavy atom. The molecule has 1 aliphatic rings. The third-order valence-electron chi connectivity index (χ3n) is 4.06. The van der Waals surface area contributed by atoms with E-state index in [0.717, 1.165) is 37.7 Å². The standard InChI is InChI=1S/C18H24N4OS/c1-14(2)19-18(23)16-13-24-17(20-16)12-21-8-10-22(11-9-21)15-6-4-3-5-7-15/h3-7,13-14H,8-12H2,1-2H3,(H,19,23). The van der Waals surface area contributed by atoms with Gasteiger partial charge in [0.25, 0.3) is 5.91 Å². The van der Waals surface area contributed by atoms with Crippen molar-refractivity contribution in [3.05, 3.63) is 46.4 Å². The van der Waals surface area contributed by atoms with Crippen molar-refractivity contribution in [1.82, 2.24) is 15.2 Å². The molecule has 24 heavy (non-hydrogen) atoms. The first-order valence-electron chi connectivity index (χ1n) is 8.39. The zero-order valence-electron chi connectivity index (χ0n) is 14.2. The molecule has 1 amide bonds. The van der Waals surface area contributed by atoms with E-state index in [1.165, 1.54) is 5.69 Å². The highest BCUT2D eigenvalue weighted by Gasteiger charge is 2.19. The number of piperazine rings is 1. The average Bonchev–Trinajstić information content (AvgIpc) is 3.04. The normalized spacial score (nSPS) is 15.7. The van der Waals surface area contributed by atoms with Gasteiger partial charge in [0.15, 0.2) is 0 Å². The maximum Gasteiger partial charge on any atom is 0.270 e. The molecule has 1 fully saturated rings. The van der Waals surface area contributed by atoms with Gasteiger partial charge in [-0.15, -0.1) is 11.3 Å². The molecule has 6 heteroatoms. The van der Waals surface area contributed by atoms with Gasteiger partial charge in [0.2, 0.25) is 0 Å². The summed E-state index contributed by atoms with van der Waals surface area (Å²) in [5, 5.41) is 5.75. The molecule has 1 saturated heterocycles. The molecule has 0 atom stereocenters. The second kappa shape index (κ2) is 7.77. The van der Waals surface area contributed by atoms with Gasteiger partial charge in [-0.2, -0.15) is 0 Å². The highest BCUT2D eigenvalue weighted by molar-refractivity contribution is 7.09. The molecule has 0 aliphatic carbocycles. The van der Waals surface area contributed by atoms with E-state index in [1.54, 1.807) is 11.3 Å². The summed E-state index contributed by atoms with van der Waals surface area (Å²) >= 11 is 1.57. The summed E-state index contributed by atoms with van der Waals surface area (Å²) in [6.07, 6.45) is 0. The fourth-order valence-electron chi connectivity index (χ4n) is 2.82. The quantitative estimate of drug-likeness (QED) is 0.906. The van der Waals surface area contributed by atoms with Gasteiger partial charge in [-0.1, -0.05) is 18.2 Å². The molecule has 128 valence electrons. The molecule has 2 aromatic rings. The Kier molecular flexibility index (Phi) is 5.48. The highest BCUT2D eigenvalue weighted by atomic mass is 32.1.